The van der Waals surface area contributed by atoms with Crippen LogP contribution in [0.2, 0.25) is 0 Å². The van der Waals surface area contributed by atoms with Crippen molar-refractivity contribution in [3.63, 3.8) is 0 Å². The maximum Gasteiger partial charge on any atom is 0.313 e. The van der Waals surface area contributed by atoms with Gasteiger partial charge in [-0.2, -0.15) is 0 Å². The van der Waals surface area contributed by atoms with Crippen molar-refractivity contribution in [1.29, 1.82) is 0 Å². The Morgan fingerprint density at radius 2 is 1.43 bits per heavy atom. The fraction of sp³-hybridized carbons (Fsp3) is 0.895. The van der Waals surface area contributed by atoms with Crippen LogP contribution in [0.3, 0.4) is 0 Å². The van der Waals surface area contributed by atoms with E-state index >= 15 is 0 Å². The summed E-state index contributed by atoms with van der Waals surface area (Å²) >= 11 is 0. The van der Waals surface area contributed by atoms with Gasteiger partial charge in [-0.05, 0) is 50.9 Å². The molecule has 0 saturated heterocycles. The summed E-state index contributed by atoms with van der Waals surface area (Å²) in [5.41, 5.74) is -2.48. The first-order valence-electron chi connectivity index (χ1n) is 8.68. The van der Waals surface area contributed by atoms with Gasteiger partial charge in [0.15, 0.2) is 0 Å². The van der Waals surface area contributed by atoms with Gasteiger partial charge < -0.3 is 9.84 Å². The highest BCUT2D eigenvalue weighted by Crippen LogP contribution is 2.64. The molecule has 0 aromatic heterocycles. The summed E-state index contributed by atoms with van der Waals surface area (Å²) < 4.78 is 5.64. The molecule has 0 radical (unpaired) electrons. The minimum atomic E-state index is -1.13. The molecular weight excluding hydrogens is 292 g/mol. The van der Waals surface area contributed by atoms with E-state index in [1.54, 1.807) is 13.8 Å². The minimum Gasteiger partial charge on any atom is -0.481 e. The molecule has 1 aliphatic carbocycles. The van der Waals surface area contributed by atoms with Gasteiger partial charge in [0.05, 0.1) is 16.9 Å². The molecule has 0 bridgehead atoms. The smallest absolute Gasteiger partial charge is 0.313 e. The van der Waals surface area contributed by atoms with Crippen molar-refractivity contribution in [3.8, 4) is 0 Å². The molecule has 0 amide bonds. The first-order chi connectivity index (χ1) is 10.2. The van der Waals surface area contributed by atoms with E-state index in [9.17, 15) is 14.7 Å². The number of carboxylic acids is 1. The average Bonchev–Trinajstić information content (AvgIpc) is 2.35. The van der Waals surface area contributed by atoms with E-state index < -0.39 is 16.8 Å². The molecule has 4 heteroatoms. The molecule has 0 aliphatic heterocycles. The highest BCUT2D eigenvalue weighted by atomic mass is 16.5. The summed E-state index contributed by atoms with van der Waals surface area (Å²) in [6.45, 7) is 15.8. The summed E-state index contributed by atoms with van der Waals surface area (Å²) in [5.74, 6) is -1.28. The Bertz CT molecular complexity index is 480. The lowest BCUT2D eigenvalue weighted by molar-refractivity contribution is -0.199. The van der Waals surface area contributed by atoms with Crippen LogP contribution in [-0.2, 0) is 14.3 Å². The van der Waals surface area contributed by atoms with Gasteiger partial charge in [0.1, 0.15) is 0 Å². The summed E-state index contributed by atoms with van der Waals surface area (Å²) in [6, 6.07) is 0. The lowest BCUT2D eigenvalue weighted by Crippen LogP contribution is -2.60. The number of hydrogen-bond acceptors (Lipinski definition) is 3. The molecule has 3 atom stereocenters. The van der Waals surface area contributed by atoms with Crippen molar-refractivity contribution in [2.24, 2.45) is 21.7 Å². The molecule has 3 unspecified atom stereocenters. The van der Waals surface area contributed by atoms with Crippen LogP contribution < -0.4 is 0 Å². The number of carbonyl (C=O) groups excluding carboxylic acids is 1. The fourth-order valence-electron chi connectivity index (χ4n) is 4.02. The Balaban J connectivity index is 3.27. The maximum atomic E-state index is 12.9. The van der Waals surface area contributed by atoms with Crippen molar-refractivity contribution in [1.82, 2.24) is 0 Å². The second-order valence-electron chi connectivity index (χ2n) is 9.10. The molecule has 0 spiro atoms. The quantitative estimate of drug-likeness (QED) is 0.746. The van der Waals surface area contributed by atoms with Crippen LogP contribution in [0.25, 0.3) is 0 Å². The van der Waals surface area contributed by atoms with E-state index in [-0.39, 0.29) is 22.9 Å². The Morgan fingerprint density at radius 3 is 1.83 bits per heavy atom. The lowest BCUT2D eigenvalue weighted by atomic mass is 9.44. The predicted molar refractivity (Wildman–Crippen MR) is 91.1 cm³/mol. The lowest BCUT2D eigenvalue weighted by Gasteiger charge is -2.58. The molecule has 23 heavy (non-hydrogen) atoms. The van der Waals surface area contributed by atoms with Gasteiger partial charge >= 0.3 is 11.9 Å². The molecular formula is C19H34O4. The average molecular weight is 326 g/mol. The molecule has 1 N–H and O–H groups in total. The Labute approximate surface area is 141 Å². The Morgan fingerprint density at radius 1 is 1.00 bits per heavy atom. The second kappa shape index (κ2) is 6.10. The van der Waals surface area contributed by atoms with Crippen LogP contribution in [0.15, 0.2) is 0 Å². The van der Waals surface area contributed by atoms with Crippen LogP contribution in [0.5, 0.6) is 0 Å². The summed E-state index contributed by atoms with van der Waals surface area (Å²) in [5, 5.41) is 9.91. The number of carboxylic acid groups (broad SMARTS) is 1. The monoisotopic (exact) mass is 326 g/mol. The van der Waals surface area contributed by atoms with E-state index in [1.807, 2.05) is 13.8 Å². The SMILES string of the molecule is CCCC(C)OC(=O)C1(C)CC(C)(C)C(C)(C)CC1(C)C(=O)O. The zero-order valence-corrected chi connectivity index (χ0v) is 16.1. The topological polar surface area (TPSA) is 63.6 Å². The van der Waals surface area contributed by atoms with E-state index in [4.69, 9.17) is 4.74 Å². The third kappa shape index (κ3) is 3.27. The standard InChI is InChI=1S/C19H34O4/c1-9-10-13(2)23-15(22)19(8)12-17(5,6)16(3,4)11-18(19,7)14(20)21/h13H,9-12H2,1-8H3,(H,20,21). The number of hydrogen-bond donors (Lipinski definition) is 1. The number of aliphatic carboxylic acids is 1. The van der Waals surface area contributed by atoms with E-state index in [0.29, 0.717) is 12.8 Å². The van der Waals surface area contributed by atoms with E-state index in [1.165, 1.54) is 0 Å². The molecule has 0 aromatic rings. The highest BCUT2D eigenvalue weighted by Gasteiger charge is 2.65. The van der Waals surface area contributed by atoms with Crippen LogP contribution in [0, 0.1) is 21.7 Å². The first-order valence-corrected chi connectivity index (χ1v) is 8.68. The number of carbonyl (C=O) groups is 2. The van der Waals surface area contributed by atoms with Gasteiger partial charge in [-0.25, -0.2) is 0 Å². The number of esters is 1. The largest absolute Gasteiger partial charge is 0.481 e. The molecule has 1 saturated carbocycles. The van der Waals surface area contributed by atoms with Gasteiger partial charge in [-0.15, -0.1) is 0 Å². The van der Waals surface area contributed by atoms with Crippen LogP contribution in [0.4, 0.5) is 0 Å². The Hall–Kier alpha value is -1.06. The third-order valence-corrected chi connectivity index (χ3v) is 6.57. The second-order valence-corrected chi connectivity index (χ2v) is 9.10. The zero-order valence-electron chi connectivity index (χ0n) is 16.1. The van der Waals surface area contributed by atoms with Crippen LogP contribution in [-0.4, -0.2) is 23.1 Å². The summed E-state index contributed by atoms with van der Waals surface area (Å²) in [4.78, 5) is 25.0. The van der Waals surface area contributed by atoms with Gasteiger partial charge in [0.2, 0.25) is 0 Å². The zero-order chi connectivity index (χ0) is 18.3. The van der Waals surface area contributed by atoms with Crippen molar-refractivity contribution < 1.29 is 19.4 Å². The molecule has 1 rings (SSSR count). The van der Waals surface area contributed by atoms with E-state index in [0.717, 1.165) is 12.8 Å². The summed E-state index contributed by atoms with van der Waals surface area (Å²) in [7, 11) is 0. The van der Waals surface area contributed by atoms with Gasteiger partial charge in [0.25, 0.3) is 0 Å². The fourth-order valence-corrected chi connectivity index (χ4v) is 4.02. The Kier molecular flexibility index (Phi) is 5.30. The van der Waals surface area contributed by atoms with Crippen molar-refractivity contribution in [2.75, 3.05) is 0 Å². The maximum absolute atomic E-state index is 12.9. The van der Waals surface area contributed by atoms with Crippen molar-refractivity contribution in [2.45, 2.75) is 87.2 Å². The number of ether oxygens (including phenoxy) is 1. The van der Waals surface area contributed by atoms with Gasteiger partial charge in [0, 0.05) is 0 Å². The van der Waals surface area contributed by atoms with E-state index in [2.05, 4.69) is 27.7 Å². The van der Waals surface area contributed by atoms with Gasteiger partial charge in [-0.1, -0.05) is 41.0 Å². The molecule has 134 valence electrons. The molecule has 0 heterocycles. The van der Waals surface area contributed by atoms with Crippen LogP contribution in [0.1, 0.15) is 81.1 Å². The van der Waals surface area contributed by atoms with Gasteiger partial charge in [-0.3, -0.25) is 9.59 Å². The highest BCUT2D eigenvalue weighted by molar-refractivity contribution is 5.87. The number of rotatable bonds is 5. The van der Waals surface area contributed by atoms with Crippen molar-refractivity contribution >= 4 is 11.9 Å². The first kappa shape index (κ1) is 20.0. The predicted octanol–water partition coefficient (Wildman–Crippen LogP) is 4.66. The minimum absolute atomic E-state index is 0.149. The summed E-state index contributed by atoms with van der Waals surface area (Å²) in [6.07, 6.45) is 2.50. The third-order valence-electron chi connectivity index (χ3n) is 6.57. The van der Waals surface area contributed by atoms with Crippen molar-refractivity contribution in [3.05, 3.63) is 0 Å². The molecule has 1 aliphatic rings. The molecule has 0 aromatic carbocycles. The molecule has 4 nitrogen and oxygen atoms in total. The van der Waals surface area contributed by atoms with Crippen LogP contribution >= 0.6 is 0 Å². The molecule has 1 fully saturated rings. The normalized spacial score (nSPS) is 33.7.